The summed E-state index contributed by atoms with van der Waals surface area (Å²) in [5.41, 5.74) is 2.17. The summed E-state index contributed by atoms with van der Waals surface area (Å²) in [5.74, 6) is 0.413. The normalized spacial score (nSPS) is 19.0. The summed E-state index contributed by atoms with van der Waals surface area (Å²) in [6.07, 6.45) is 6.81. The zero-order valence-electron chi connectivity index (χ0n) is 10.8. The number of nitrogens with zero attached hydrogens (tertiary/aromatic N) is 2. The molecule has 2 aromatic rings. The van der Waals surface area contributed by atoms with Crippen LogP contribution in [0.15, 0.2) is 24.5 Å². The van der Waals surface area contributed by atoms with Crippen molar-refractivity contribution < 1.29 is 8.42 Å². The highest BCUT2D eigenvalue weighted by Gasteiger charge is 2.27. The number of aromatic amines is 1. The van der Waals surface area contributed by atoms with Gasteiger partial charge in [0.25, 0.3) is 0 Å². The Labute approximate surface area is 112 Å². The van der Waals surface area contributed by atoms with E-state index in [0.717, 1.165) is 23.9 Å². The fraction of sp³-hybridized carbons (Fsp3) is 0.462. The van der Waals surface area contributed by atoms with Crippen LogP contribution in [-0.4, -0.2) is 42.0 Å². The number of hydrogen-bond donors (Lipinski definition) is 1. The summed E-state index contributed by atoms with van der Waals surface area (Å²) < 4.78 is 24.6. The van der Waals surface area contributed by atoms with E-state index in [1.807, 2.05) is 12.3 Å². The Balaban J connectivity index is 1.82. The van der Waals surface area contributed by atoms with E-state index in [-0.39, 0.29) is 0 Å². The second-order valence-corrected chi connectivity index (χ2v) is 7.06. The number of fused-ring (bicyclic) bond motifs is 1. The van der Waals surface area contributed by atoms with Crippen molar-refractivity contribution in [1.29, 1.82) is 0 Å². The number of rotatable bonds is 2. The number of nitrogens with one attached hydrogen (secondary N) is 1. The number of piperidine rings is 1. The summed E-state index contributed by atoms with van der Waals surface area (Å²) in [6.45, 7) is 1.22. The first kappa shape index (κ1) is 12.6. The van der Waals surface area contributed by atoms with E-state index in [0.29, 0.717) is 19.0 Å². The molecule has 2 aromatic heterocycles. The van der Waals surface area contributed by atoms with Crippen molar-refractivity contribution in [3.05, 3.63) is 30.1 Å². The van der Waals surface area contributed by atoms with Crippen LogP contribution >= 0.6 is 0 Å². The van der Waals surface area contributed by atoms with Crippen molar-refractivity contribution >= 4 is 21.1 Å². The standard InChI is InChI=1S/C13H17N3O2S/c1-19(17,18)16-7-4-10(5-8-16)12-9-15-13-11(12)3-2-6-14-13/h2-3,6,9-10H,4-5,7-8H2,1H3,(H,14,15). The van der Waals surface area contributed by atoms with Gasteiger partial charge < -0.3 is 4.98 Å². The minimum atomic E-state index is -3.05. The van der Waals surface area contributed by atoms with Crippen LogP contribution in [0.1, 0.15) is 24.3 Å². The van der Waals surface area contributed by atoms with Gasteiger partial charge in [-0.05, 0) is 36.5 Å². The molecule has 1 aliphatic heterocycles. The molecule has 19 heavy (non-hydrogen) atoms. The minimum absolute atomic E-state index is 0.413. The molecule has 0 saturated carbocycles. The number of hydrogen-bond acceptors (Lipinski definition) is 3. The van der Waals surface area contributed by atoms with E-state index in [1.54, 1.807) is 10.5 Å². The molecule has 0 aromatic carbocycles. The molecule has 0 radical (unpaired) electrons. The molecule has 5 nitrogen and oxygen atoms in total. The molecular formula is C13H17N3O2S. The fourth-order valence-electron chi connectivity index (χ4n) is 2.81. The average molecular weight is 279 g/mol. The van der Waals surface area contributed by atoms with E-state index < -0.39 is 10.0 Å². The lowest BCUT2D eigenvalue weighted by atomic mass is 9.90. The highest BCUT2D eigenvalue weighted by Crippen LogP contribution is 2.32. The molecule has 3 heterocycles. The Morgan fingerprint density at radius 2 is 2.11 bits per heavy atom. The van der Waals surface area contributed by atoms with E-state index in [1.165, 1.54) is 11.8 Å². The van der Waals surface area contributed by atoms with E-state index in [9.17, 15) is 8.42 Å². The van der Waals surface area contributed by atoms with Crippen LogP contribution < -0.4 is 0 Å². The second-order valence-electron chi connectivity index (χ2n) is 5.08. The summed E-state index contributed by atoms with van der Waals surface area (Å²) in [4.78, 5) is 7.47. The van der Waals surface area contributed by atoms with E-state index >= 15 is 0 Å². The maximum absolute atomic E-state index is 11.5. The molecule has 1 aliphatic rings. The molecular weight excluding hydrogens is 262 g/mol. The van der Waals surface area contributed by atoms with E-state index in [2.05, 4.69) is 16.0 Å². The Morgan fingerprint density at radius 1 is 1.37 bits per heavy atom. The maximum Gasteiger partial charge on any atom is 0.211 e. The van der Waals surface area contributed by atoms with Gasteiger partial charge in [-0.15, -0.1) is 0 Å². The van der Waals surface area contributed by atoms with Crippen molar-refractivity contribution in [2.75, 3.05) is 19.3 Å². The number of pyridine rings is 1. The van der Waals surface area contributed by atoms with Gasteiger partial charge in [0, 0.05) is 30.9 Å². The molecule has 0 amide bonds. The molecule has 1 fully saturated rings. The maximum atomic E-state index is 11.5. The topological polar surface area (TPSA) is 66.1 Å². The van der Waals surface area contributed by atoms with Crippen LogP contribution in [0.2, 0.25) is 0 Å². The first-order valence-electron chi connectivity index (χ1n) is 6.43. The number of sulfonamides is 1. The Morgan fingerprint density at radius 3 is 2.79 bits per heavy atom. The molecule has 0 spiro atoms. The van der Waals surface area contributed by atoms with Gasteiger partial charge in [-0.1, -0.05) is 0 Å². The fourth-order valence-corrected chi connectivity index (χ4v) is 3.69. The molecule has 102 valence electrons. The number of H-pyrrole nitrogens is 1. The van der Waals surface area contributed by atoms with Gasteiger partial charge in [-0.3, -0.25) is 0 Å². The van der Waals surface area contributed by atoms with Crippen molar-refractivity contribution in [2.45, 2.75) is 18.8 Å². The zero-order chi connectivity index (χ0) is 13.5. The highest BCUT2D eigenvalue weighted by atomic mass is 32.2. The van der Waals surface area contributed by atoms with Crippen LogP contribution in [0, 0.1) is 0 Å². The summed E-state index contributed by atoms with van der Waals surface area (Å²) >= 11 is 0. The Kier molecular flexibility index (Phi) is 3.06. The lowest BCUT2D eigenvalue weighted by molar-refractivity contribution is 0.322. The largest absolute Gasteiger partial charge is 0.346 e. The van der Waals surface area contributed by atoms with Crippen molar-refractivity contribution in [2.24, 2.45) is 0 Å². The SMILES string of the molecule is CS(=O)(=O)N1CCC(c2c[nH]c3ncccc23)CC1. The monoisotopic (exact) mass is 279 g/mol. The molecule has 0 aliphatic carbocycles. The van der Waals surface area contributed by atoms with Crippen LogP contribution in [-0.2, 0) is 10.0 Å². The molecule has 1 N–H and O–H groups in total. The van der Waals surface area contributed by atoms with Gasteiger partial charge >= 0.3 is 0 Å². The summed E-state index contributed by atoms with van der Waals surface area (Å²) in [7, 11) is -3.05. The van der Waals surface area contributed by atoms with Crippen molar-refractivity contribution in [3.8, 4) is 0 Å². The first-order chi connectivity index (χ1) is 9.05. The van der Waals surface area contributed by atoms with Crippen LogP contribution in [0.25, 0.3) is 11.0 Å². The first-order valence-corrected chi connectivity index (χ1v) is 8.27. The third kappa shape index (κ3) is 2.37. The molecule has 0 atom stereocenters. The summed E-state index contributed by atoms with van der Waals surface area (Å²) in [6, 6.07) is 4.00. The minimum Gasteiger partial charge on any atom is -0.346 e. The van der Waals surface area contributed by atoms with Gasteiger partial charge in [-0.25, -0.2) is 17.7 Å². The third-order valence-electron chi connectivity index (χ3n) is 3.85. The molecule has 0 unspecified atom stereocenters. The number of aromatic nitrogens is 2. The molecule has 3 rings (SSSR count). The zero-order valence-corrected chi connectivity index (χ0v) is 11.7. The Bertz CT molecular complexity index is 685. The quantitative estimate of drug-likeness (QED) is 0.910. The highest BCUT2D eigenvalue weighted by molar-refractivity contribution is 7.88. The summed E-state index contributed by atoms with van der Waals surface area (Å²) in [5, 5.41) is 1.15. The van der Waals surface area contributed by atoms with E-state index in [4.69, 9.17) is 0 Å². The van der Waals surface area contributed by atoms with Gasteiger partial charge in [0.05, 0.1) is 6.26 Å². The van der Waals surface area contributed by atoms with Gasteiger partial charge in [-0.2, -0.15) is 0 Å². The lowest BCUT2D eigenvalue weighted by Crippen LogP contribution is -2.37. The predicted molar refractivity (Wildman–Crippen MR) is 74.5 cm³/mol. The smallest absolute Gasteiger partial charge is 0.211 e. The van der Waals surface area contributed by atoms with Gasteiger partial charge in [0.15, 0.2) is 0 Å². The average Bonchev–Trinajstić information content (AvgIpc) is 2.82. The molecule has 1 saturated heterocycles. The molecule has 0 bridgehead atoms. The van der Waals surface area contributed by atoms with Gasteiger partial charge in [0.1, 0.15) is 5.65 Å². The second kappa shape index (κ2) is 4.61. The lowest BCUT2D eigenvalue weighted by Gasteiger charge is -2.30. The van der Waals surface area contributed by atoms with Crippen molar-refractivity contribution in [1.82, 2.24) is 14.3 Å². The van der Waals surface area contributed by atoms with Gasteiger partial charge in [0.2, 0.25) is 10.0 Å². The van der Waals surface area contributed by atoms with Crippen LogP contribution in [0.3, 0.4) is 0 Å². The van der Waals surface area contributed by atoms with Crippen molar-refractivity contribution in [3.63, 3.8) is 0 Å². The third-order valence-corrected chi connectivity index (χ3v) is 5.15. The van der Waals surface area contributed by atoms with Crippen LogP contribution in [0.4, 0.5) is 0 Å². The predicted octanol–water partition coefficient (Wildman–Crippen LogP) is 1.70. The Hall–Kier alpha value is -1.40. The molecule has 6 heteroatoms. The van der Waals surface area contributed by atoms with Crippen LogP contribution in [0.5, 0.6) is 0 Å².